The number of hydrogen-bond acceptors (Lipinski definition) is 4. The lowest BCUT2D eigenvalue weighted by atomic mass is 10.1. The molecule has 0 amide bonds. The van der Waals surface area contributed by atoms with Gasteiger partial charge in [0.1, 0.15) is 0 Å². The van der Waals surface area contributed by atoms with Crippen LogP contribution in [0.3, 0.4) is 0 Å². The number of likely N-dealkylation sites (tertiary alicyclic amines) is 1. The minimum absolute atomic E-state index is 0.00546. The quantitative estimate of drug-likeness (QED) is 0.890. The van der Waals surface area contributed by atoms with Crippen LogP contribution in [0.5, 0.6) is 0 Å². The predicted molar refractivity (Wildman–Crippen MR) is 87.2 cm³/mol. The Morgan fingerprint density at radius 1 is 1.27 bits per heavy atom. The average Bonchev–Trinajstić information content (AvgIpc) is 3.11. The van der Waals surface area contributed by atoms with Crippen LogP contribution in [-0.2, 0) is 24.2 Å². The molecule has 1 N–H and O–H groups in total. The van der Waals surface area contributed by atoms with E-state index in [-0.39, 0.29) is 6.42 Å². The minimum atomic E-state index is -0.829. The maximum atomic E-state index is 10.7. The van der Waals surface area contributed by atoms with Crippen LogP contribution in [0.4, 0.5) is 0 Å². The number of hydrogen-bond donors (Lipinski definition) is 1. The Morgan fingerprint density at radius 3 is 2.82 bits per heavy atom. The Morgan fingerprint density at radius 2 is 2.05 bits per heavy atom. The monoisotopic (exact) mass is 316 g/mol. The highest BCUT2D eigenvalue weighted by atomic mass is 32.1. The summed E-state index contributed by atoms with van der Waals surface area (Å²) in [6.07, 6.45) is 3.40. The van der Waals surface area contributed by atoms with Gasteiger partial charge in [0.2, 0.25) is 0 Å². The fourth-order valence-corrected chi connectivity index (χ4v) is 3.71. The Bertz CT molecular complexity index is 648. The van der Waals surface area contributed by atoms with Crippen molar-refractivity contribution in [3.8, 4) is 0 Å². The molecular weight excluding hydrogens is 296 g/mol. The predicted octanol–water partition coefficient (Wildman–Crippen LogP) is 2.96. The fraction of sp³-hybridized carbons (Fsp3) is 0.412. The summed E-state index contributed by atoms with van der Waals surface area (Å²) in [5, 5.41) is 11.6. The maximum absolute atomic E-state index is 10.7. The molecule has 0 unspecified atom stereocenters. The van der Waals surface area contributed by atoms with E-state index in [1.807, 2.05) is 5.38 Å². The lowest BCUT2D eigenvalue weighted by Gasteiger charge is -2.15. The Balaban J connectivity index is 1.64. The number of aliphatic carboxylic acids is 1. The lowest BCUT2D eigenvalue weighted by molar-refractivity contribution is -0.136. The molecule has 2 aromatic rings. The van der Waals surface area contributed by atoms with E-state index in [0.717, 1.165) is 18.0 Å². The summed E-state index contributed by atoms with van der Waals surface area (Å²) < 4.78 is 0. The molecule has 116 valence electrons. The summed E-state index contributed by atoms with van der Waals surface area (Å²) in [7, 11) is 0. The van der Waals surface area contributed by atoms with Crippen molar-refractivity contribution in [1.82, 2.24) is 9.88 Å². The molecule has 1 aromatic carbocycles. The molecule has 22 heavy (non-hydrogen) atoms. The summed E-state index contributed by atoms with van der Waals surface area (Å²) >= 11 is 1.54. The molecule has 0 spiro atoms. The molecule has 4 nitrogen and oxygen atoms in total. The van der Waals surface area contributed by atoms with Gasteiger partial charge in [-0.15, -0.1) is 11.3 Å². The van der Waals surface area contributed by atoms with Crippen molar-refractivity contribution in [3.63, 3.8) is 0 Å². The third kappa shape index (κ3) is 4.15. The first-order valence-electron chi connectivity index (χ1n) is 7.64. The number of carboxylic acid groups (broad SMARTS) is 1. The van der Waals surface area contributed by atoms with Crippen LogP contribution in [0.15, 0.2) is 29.6 Å². The first kappa shape index (κ1) is 15.2. The summed E-state index contributed by atoms with van der Waals surface area (Å²) in [4.78, 5) is 17.6. The standard InChI is InChI=1S/C17H20N2O2S/c20-17(21)10-15-12-22-16(18-15)9-13-4-3-5-14(8-13)11-19-6-1-2-7-19/h3-5,8,12H,1-2,6-7,9-11H2,(H,20,21). The summed E-state index contributed by atoms with van der Waals surface area (Å²) in [5.74, 6) is -0.829. The SMILES string of the molecule is O=C(O)Cc1csc(Cc2cccc(CN3CCCC3)c2)n1. The van der Waals surface area contributed by atoms with E-state index in [1.54, 1.807) is 11.3 Å². The summed E-state index contributed by atoms with van der Waals surface area (Å²) in [6.45, 7) is 3.43. The normalized spacial score (nSPS) is 15.3. The molecule has 1 fully saturated rings. The molecule has 5 heteroatoms. The van der Waals surface area contributed by atoms with Gasteiger partial charge >= 0.3 is 5.97 Å². The van der Waals surface area contributed by atoms with Gasteiger partial charge in [-0.05, 0) is 37.1 Å². The fourth-order valence-electron chi connectivity index (χ4n) is 2.88. The lowest BCUT2D eigenvalue weighted by Crippen LogP contribution is -2.18. The van der Waals surface area contributed by atoms with Gasteiger partial charge in [-0.3, -0.25) is 9.69 Å². The number of benzene rings is 1. The zero-order valence-corrected chi connectivity index (χ0v) is 13.3. The molecule has 0 bridgehead atoms. The van der Waals surface area contributed by atoms with Crippen LogP contribution in [0, 0.1) is 0 Å². The number of carbonyl (C=O) groups is 1. The molecule has 2 heterocycles. The summed E-state index contributed by atoms with van der Waals surface area (Å²) in [6, 6.07) is 8.65. The number of rotatable bonds is 6. The first-order chi connectivity index (χ1) is 10.7. The molecule has 0 atom stereocenters. The van der Waals surface area contributed by atoms with Gasteiger partial charge in [-0.2, -0.15) is 0 Å². The van der Waals surface area contributed by atoms with Gasteiger partial charge in [-0.25, -0.2) is 4.98 Å². The van der Waals surface area contributed by atoms with E-state index in [4.69, 9.17) is 5.11 Å². The van der Waals surface area contributed by atoms with Crippen molar-refractivity contribution in [1.29, 1.82) is 0 Å². The van der Waals surface area contributed by atoms with Crippen molar-refractivity contribution >= 4 is 17.3 Å². The summed E-state index contributed by atoms with van der Waals surface area (Å²) in [5.41, 5.74) is 3.25. The molecule has 1 aromatic heterocycles. The molecule has 1 aliphatic rings. The van der Waals surface area contributed by atoms with Crippen molar-refractivity contribution in [2.75, 3.05) is 13.1 Å². The van der Waals surface area contributed by atoms with Crippen molar-refractivity contribution in [2.45, 2.75) is 32.2 Å². The zero-order chi connectivity index (χ0) is 15.4. The number of thiazole rings is 1. The van der Waals surface area contributed by atoms with Gasteiger partial charge < -0.3 is 5.11 Å². The van der Waals surface area contributed by atoms with Crippen LogP contribution in [0.25, 0.3) is 0 Å². The second-order valence-electron chi connectivity index (χ2n) is 5.78. The van der Waals surface area contributed by atoms with E-state index < -0.39 is 5.97 Å². The van der Waals surface area contributed by atoms with Crippen LogP contribution in [-0.4, -0.2) is 34.0 Å². The molecule has 3 rings (SSSR count). The van der Waals surface area contributed by atoms with Crippen molar-refractivity contribution in [3.05, 3.63) is 51.5 Å². The third-order valence-corrected chi connectivity index (χ3v) is 4.78. The molecule has 1 aliphatic heterocycles. The van der Waals surface area contributed by atoms with Crippen LogP contribution < -0.4 is 0 Å². The average molecular weight is 316 g/mol. The zero-order valence-electron chi connectivity index (χ0n) is 12.5. The Labute approximate surface area is 134 Å². The van der Waals surface area contributed by atoms with Gasteiger partial charge in [0, 0.05) is 18.3 Å². The van der Waals surface area contributed by atoms with Crippen LogP contribution in [0.1, 0.15) is 34.7 Å². The van der Waals surface area contributed by atoms with E-state index in [2.05, 4.69) is 34.1 Å². The molecule has 0 aliphatic carbocycles. The van der Waals surface area contributed by atoms with Crippen molar-refractivity contribution < 1.29 is 9.90 Å². The van der Waals surface area contributed by atoms with Gasteiger partial charge in [0.15, 0.2) is 0 Å². The Kier molecular flexibility index (Phi) is 4.85. The number of carboxylic acids is 1. The van der Waals surface area contributed by atoms with E-state index in [9.17, 15) is 4.79 Å². The first-order valence-corrected chi connectivity index (χ1v) is 8.52. The van der Waals surface area contributed by atoms with E-state index in [0.29, 0.717) is 5.69 Å². The largest absolute Gasteiger partial charge is 0.481 e. The van der Waals surface area contributed by atoms with E-state index >= 15 is 0 Å². The van der Waals surface area contributed by atoms with E-state index in [1.165, 1.54) is 37.1 Å². The second kappa shape index (κ2) is 7.03. The highest BCUT2D eigenvalue weighted by molar-refractivity contribution is 7.09. The number of nitrogens with zero attached hydrogens (tertiary/aromatic N) is 2. The molecule has 1 saturated heterocycles. The van der Waals surface area contributed by atoms with Gasteiger partial charge in [0.05, 0.1) is 17.1 Å². The highest BCUT2D eigenvalue weighted by Gasteiger charge is 2.12. The second-order valence-corrected chi connectivity index (χ2v) is 6.73. The van der Waals surface area contributed by atoms with Crippen LogP contribution >= 0.6 is 11.3 Å². The minimum Gasteiger partial charge on any atom is -0.481 e. The Hall–Kier alpha value is -1.72. The highest BCUT2D eigenvalue weighted by Crippen LogP contribution is 2.18. The molecule has 0 radical (unpaired) electrons. The molecule has 0 saturated carbocycles. The topological polar surface area (TPSA) is 53.4 Å². The van der Waals surface area contributed by atoms with Gasteiger partial charge in [-0.1, -0.05) is 24.3 Å². The molecular formula is C17H20N2O2S. The smallest absolute Gasteiger partial charge is 0.309 e. The van der Waals surface area contributed by atoms with Crippen molar-refractivity contribution in [2.24, 2.45) is 0 Å². The maximum Gasteiger partial charge on any atom is 0.309 e. The van der Waals surface area contributed by atoms with Gasteiger partial charge in [0.25, 0.3) is 0 Å². The van der Waals surface area contributed by atoms with Crippen LogP contribution in [0.2, 0.25) is 0 Å². The third-order valence-electron chi connectivity index (χ3n) is 3.88. The number of aromatic nitrogens is 1.